The molecule has 0 bridgehead atoms. The maximum absolute atomic E-state index is 14.5. The van der Waals surface area contributed by atoms with Crippen molar-refractivity contribution >= 4 is 40.7 Å². The molecule has 10 heteroatoms. The van der Waals surface area contributed by atoms with E-state index in [4.69, 9.17) is 11.6 Å². The minimum absolute atomic E-state index is 0.0615. The van der Waals surface area contributed by atoms with Crippen molar-refractivity contribution in [3.05, 3.63) is 95.3 Å². The Morgan fingerprint density at radius 1 is 1.00 bits per heavy atom. The number of halogens is 4. The number of carbonyl (C=O) groups is 3. The van der Waals surface area contributed by atoms with Crippen LogP contribution in [0.1, 0.15) is 37.3 Å². The van der Waals surface area contributed by atoms with Crippen molar-refractivity contribution in [2.75, 3.05) is 9.80 Å². The zero-order chi connectivity index (χ0) is 27.7. The molecule has 1 aliphatic heterocycles. The van der Waals surface area contributed by atoms with E-state index in [9.17, 15) is 27.6 Å². The van der Waals surface area contributed by atoms with Gasteiger partial charge in [0, 0.05) is 47.3 Å². The average molecular weight is 556 g/mol. The number of anilines is 2. The van der Waals surface area contributed by atoms with Crippen molar-refractivity contribution in [1.82, 2.24) is 5.32 Å². The highest BCUT2D eigenvalue weighted by molar-refractivity contribution is 6.31. The highest BCUT2D eigenvalue weighted by Crippen LogP contribution is 2.40. The molecule has 3 amide bonds. The van der Waals surface area contributed by atoms with E-state index in [1.165, 1.54) is 29.2 Å². The lowest BCUT2D eigenvalue weighted by Gasteiger charge is -2.39. The summed E-state index contributed by atoms with van der Waals surface area (Å²) in [5, 5.41) is 2.77. The van der Waals surface area contributed by atoms with E-state index in [2.05, 4.69) is 5.32 Å². The molecule has 5 rings (SSSR count). The van der Waals surface area contributed by atoms with E-state index in [1.807, 2.05) is 0 Å². The van der Waals surface area contributed by atoms with Crippen LogP contribution in [0.3, 0.4) is 0 Å². The van der Waals surface area contributed by atoms with Crippen LogP contribution in [0.5, 0.6) is 0 Å². The fraction of sp³-hybridized carbons (Fsp3) is 0.276. The number of alkyl halides is 2. The smallest absolute Gasteiger partial charge is 0.252 e. The minimum Gasteiger partial charge on any atom is -0.351 e. The Bertz CT molecular complexity index is 1400. The minimum atomic E-state index is -2.88. The second kappa shape index (κ2) is 10.7. The van der Waals surface area contributed by atoms with Crippen LogP contribution in [0.15, 0.2) is 78.9 Å². The van der Waals surface area contributed by atoms with Gasteiger partial charge in [-0.1, -0.05) is 54.1 Å². The van der Waals surface area contributed by atoms with Gasteiger partial charge in [-0.3, -0.25) is 24.2 Å². The first-order chi connectivity index (χ1) is 18.6. The number of amides is 3. The third-order valence-electron chi connectivity index (χ3n) is 7.00. The molecule has 6 nitrogen and oxygen atoms in total. The first-order valence-electron chi connectivity index (χ1n) is 12.5. The van der Waals surface area contributed by atoms with Gasteiger partial charge in [0.2, 0.25) is 11.8 Å². The predicted molar refractivity (Wildman–Crippen MR) is 141 cm³/mol. The molecule has 0 aromatic heterocycles. The number of rotatable bonds is 7. The van der Waals surface area contributed by atoms with E-state index in [1.54, 1.807) is 48.5 Å². The zero-order valence-corrected chi connectivity index (χ0v) is 21.5. The molecule has 3 aromatic rings. The number of benzene rings is 3. The molecule has 39 heavy (non-hydrogen) atoms. The summed E-state index contributed by atoms with van der Waals surface area (Å²) < 4.78 is 41.6. The van der Waals surface area contributed by atoms with Crippen molar-refractivity contribution in [1.29, 1.82) is 0 Å². The van der Waals surface area contributed by atoms with E-state index in [0.29, 0.717) is 5.69 Å². The van der Waals surface area contributed by atoms with Crippen LogP contribution in [0.2, 0.25) is 5.02 Å². The molecule has 1 saturated heterocycles. The van der Waals surface area contributed by atoms with E-state index >= 15 is 0 Å². The van der Waals surface area contributed by atoms with E-state index < -0.39 is 54.5 Å². The summed E-state index contributed by atoms with van der Waals surface area (Å²) in [5.74, 6) is -5.17. The van der Waals surface area contributed by atoms with Gasteiger partial charge in [0.25, 0.3) is 11.8 Å². The Kier molecular flexibility index (Phi) is 7.36. The summed E-state index contributed by atoms with van der Waals surface area (Å²) in [6.07, 6.45) is -0.784. The molecule has 1 aliphatic carbocycles. The molecule has 0 radical (unpaired) electrons. The molecule has 202 valence electrons. The molecule has 0 spiro atoms. The van der Waals surface area contributed by atoms with Gasteiger partial charge in [-0.15, -0.1) is 0 Å². The van der Waals surface area contributed by atoms with E-state index in [0.717, 1.165) is 11.0 Å². The number of nitrogens with zero attached hydrogens (tertiary/aromatic N) is 2. The quantitative estimate of drug-likeness (QED) is 0.409. The Labute approximate surface area is 228 Å². The first kappa shape index (κ1) is 26.7. The highest BCUT2D eigenvalue weighted by atomic mass is 35.5. The molecule has 1 unspecified atom stereocenters. The largest absolute Gasteiger partial charge is 0.351 e. The molecule has 2 fully saturated rings. The van der Waals surface area contributed by atoms with Crippen molar-refractivity contribution in [2.24, 2.45) is 0 Å². The van der Waals surface area contributed by atoms with Gasteiger partial charge in [-0.25, -0.2) is 13.2 Å². The highest BCUT2D eigenvalue weighted by Gasteiger charge is 2.48. The molecule has 1 N–H and O–H groups in total. The summed E-state index contributed by atoms with van der Waals surface area (Å²) >= 11 is 6.49. The van der Waals surface area contributed by atoms with Gasteiger partial charge >= 0.3 is 0 Å². The third-order valence-corrected chi connectivity index (χ3v) is 7.34. The molecular weight excluding hydrogens is 531 g/mol. The van der Waals surface area contributed by atoms with Crippen LogP contribution < -0.4 is 15.1 Å². The van der Waals surface area contributed by atoms with Crippen LogP contribution in [0.4, 0.5) is 24.5 Å². The fourth-order valence-corrected chi connectivity index (χ4v) is 5.40. The number of para-hydroxylation sites is 1. The first-order valence-corrected chi connectivity index (χ1v) is 12.9. The Balaban J connectivity index is 1.60. The van der Waals surface area contributed by atoms with Crippen molar-refractivity contribution in [3.8, 4) is 0 Å². The Hall–Kier alpha value is -3.85. The molecule has 2 atom stereocenters. The zero-order valence-electron chi connectivity index (χ0n) is 20.7. The maximum Gasteiger partial charge on any atom is 0.252 e. The van der Waals surface area contributed by atoms with Gasteiger partial charge < -0.3 is 5.32 Å². The van der Waals surface area contributed by atoms with Gasteiger partial charge in [-0.05, 0) is 42.8 Å². The maximum atomic E-state index is 14.5. The molecule has 3 aromatic carbocycles. The summed E-state index contributed by atoms with van der Waals surface area (Å²) in [7, 11) is 0. The van der Waals surface area contributed by atoms with Crippen molar-refractivity contribution in [2.45, 2.75) is 49.7 Å². The lowest BCUT2D eigenvalue weighted by Crippen LogP contribution is -2.56. The topological polar surface area (TPSA) is 69.7 Å². The molecule has 1 heterocycles. The molecule has 2 aliphatic rings. The Morgan fingerprint density at radius 2 is 1.69 bits per heavy atom. The summed E-state index contributed by atoms with van der Waals surface area (Å²) in [6.45, 7) is 0. The van der Waals surface area contributed by atoms with Crippen LogP contribution in [0.25, 0.3) is 0 Å². The molecule has 1 saturated carbocycles. The summed E-state index contributed by atoms with van der Waals surface area (Å²) in [4.78, 5) is 43.5. The van der Waals surface area contributed by atoms with Crippen molar-refractivity contribution in [3.63, 3.8) is 0 Å². The number of carbonyl (C=O) groups excluding carboxylic acids is 3. The number of nitrogens with one attached hydrogen (secondary N) is 1. The average Bonchev–Trinajstić information content (AvgIpc) is 3.28. The monoisotopic (exact) mass is 555 g/mol. The van der Waals surface area contributed by atoms with Gasteiger partial charge in [0.15, 0.2) is 0 Å². The van der Waals surface area contributed by atoms with Gasteiger partial charge in [0.1, 0.15) is 17.9 Å². The SMILES string of the molecule is O=C(NC1CC(F)(F)C1)C(c1ccccc1Cl)N(C(=O)[C@@H]1CCC(=O)N1c1ccccc1)c1cccc(F)c1. The number of hydrogen-bond acceptors (Lipinski definition) is 3. The van der Waals surface area contributed by atoms with E-state index in [-0.39, 0.29) is 35.0 Å². The lowest BCUT2D eigenvalue weighted by molar-refractivity contribution is -0.133. The second-order valence-corrected chi connectivity index (χ2v) is 10.1. The van der Waals surface area contributed by atoms with Crippen LogP contribution >= 0.6 is 11.6 Å². The van der Waals surface area contributed by atoms with Crippen molar-refractivity contribution < 1.29 is 27.6 Å². The fourth-order valence-electron chi connectivity index (χ4n) is 5.16. The standard InChI is InChI=1S/C29H25ClF3N3O3/c30-23-12-5-4-11-22(23)26(27(38)34-19-16-29(32,33)17-19)36(21-10-6-7-18(31)15-21)28(39)24-13-14-25(37)35(24)20-8-2-1-3-9-20/h1-12,15,19,24,26H,13-14,16-17H2,(H,34,38)/t24-,26?/m0/s1. The summed E-state index contributed by atoms with van der Waals surface area (Å²) in [5.41, 5.74) is 0.801. The second-order valence-electron chi connectivity index (χ2n) is 9.74. The van der Waals surface area contributed by atoms with Crippen LogP contribution in [0, 0.1) is 5.82 Å². The Morgan fingerprint density at radius 3 is 2.36 bits per heavy atom. The normalized spacial score (nSPS) is 19.3. The van der Waals surface area contributed by atoms with Crippen LogP contribution in [-0.2, 0) is 14.4 Å². The number of hydrogen-bond donors (Lipinski definition) is 1. The third kappa shape index (κ3) is 5.49. The molecular formula is C29H25ClF3N3O3. The summed E-state index contributed by atoms with van der Waals surface area (Å²) in [6, 6.07) is 17.0. The lowest BCUT2D eigenvalue weighted by atomic mass is 9.87. The van der Waals surface area contributed by atoms with Gasteiger partial charge in [0.05, 0.1) is 0 Å². The predicted octanol–water partition coefficient (Wildman–Crippen LogP) is 5.66. The van der Waals surface area contributed by atoms with Gasteiger partial charge in [-0.2, -0.15) is 0 Å². The van der Waals surface area contributed by atoms with Crippen LogP contribution in [-0.4, -0.2) is 35.7 Å².